The van der Waals surface area contributed by atoms with E-state index < -0.39 is 6.09 Å². The molecule has 2 heterocycles. The molecule has 1 fully saturated rings. The molecule has 1 aliphatic heterocycles. The van der Waals surface area contributed by atoms with E-state index in [-0.39, 0.29) is 0 Å². The topological polar surface area (TPSA) is 82.7 Å². The van der Waals surface area contributed by atoms with Crippen LogP contribution in [0.3, 0.4) is 0 Å². The summed E-state index contributed by atoms with van der Waals surface area (Å²) in [5, 5.41) is 8.86. The van der Waals surface area contributed by atoms with Gasteiger partial charge in [-0.2, -0.15) is 0 Å². The predicted octanol–water partition coefficient (Wildman–Crippen LogP) is 0.772. The van der Waals surface area contributed by atoms with Crippen LogP contribution in [0.25, 0.3) is 0 Å². The molecule has 0 aromatic carbocycles. The maximum absolute atomic E-state index is 10.8. The van der Waals surface area contributed by atoms with Gasteiger partial charge in [0, 0.05) is 26.2 Å². The van der Waals surface area contributed by atoms with Gasteiger partial charge in [-0.15, -0.1) is 0 Å². The van der Waals surface area contributed by atoms with Crippen LogP contribution in [0.4, 0.5) is 16.3 Å². The van der Waals surface area contributed by atoms with Crippen molar-refractivity contribution < 1.29 is 9.90 Å². The monoisotopic (exact) mass is 236 g/mol. The number of hydrogen-bond acceptors (Lipinski definition) is 4. The van der Waals surface area contributed by atoms with Crippen LogP contribution < -0.4 is 10.6 Å². The molecule has 6 nitrogen and oxygen atoms in total. The Hall–Kier alpha value is -1.98. The SMILES string of the molecule is Cc1cc(N)cnc1N1CCN(C(=O)O)CC1. The van der Waals surface area contributed by atoms with Crippen LogP contribution >= 0.6 is 0 Å². The third-order valence-electron chi connectivity index (χ3n) is 2.92. The summed E-state index contributed by atoms with van der Waals surface area (Å²) in [5.41, 5.74) is 7.32. The number of amides is 1. The van der Waals surface area contributed by atoms with Crippen molar-refractivity contribution in [3.63, 3.8) is 0 Å². The number of piperazine rings is 1. The Balaban J connectivity index is 2.08. The van der Waals surface area contributed by atoms with Crippen molar-refractivity contribution in [1.29, 1.82) is 0 Å². The van der Waals surface area contributed by atoms with E-state index >= 15 is 0 Å². The van der Waals surface area contributed by atoms with Crippen LogP contribution in [-0.4, -0.2) is 47.3 Å². The van der Waals surface area contributed by atoms with E-state index in [0.29, 0.717) is 31.9 Å². The molecule has 0 radical (unpaired) electrons. The number of nitrogens with two attached hydrogens (primary N) is 1. The quantitative estimate of drug-likeness (QED) is 0.752. The van der Waals surface area contributed by atoms with Gasteiger partial charge in [0.15, 0.2) is 0 Å². The maximum Gasteiger partial charge on any atom is 0.407 e. The number of pyridine rings is 1. The van der Waals surface area contributed by atoms with Crippen molar-refractivity contribution in [3.8, 4) is 0 Å². The Bertz CT molecular complexity index is 427. The van der Waals surface area contributed by atoms with E-state index in [0.717, 1.165) is 11.4 Å². The highest BCUT2D eigenvalue weighted by molar-refractivity contribution is 5.65. The first-order valence-corrected chi connectivity index (χ1v) is 5.53. The summed E-state index contributed by atoms with van der Waals surface area (Å²) in [7, 11) is 0. The molecule has 1 aliphatic rings. The average molecular weight is 236 g/mol. The zero-order valence-corrected chi connectivity index (χ0v) is 9.76. The molecule has 6 heteroatoms. The second-order valence-corrected chi connectivity index (χ2v) is 4.17. The lowest BCUT2D eigenvalue weighted by Crippen LogP contribution is -2.48. The number of aromatic nitrogens is 1. The molecule has 3 N–H and O–H groups in total. The molecule has 1 aromatic heterocycles. The summed E-state index contributed by atoms with van der Waals surface area (Å²) in [4.78, 5) is 18.6. The molecule has 0 aliphatic carbocycles. The Morgan fingerprint density at radius 1 is 1.41 bits per heavy atom. The molecule has 92 valence electrons. The second kappa shape index (κ2) is 4.48. The summed E-state index contributed by atoms with van der Waals surface area (Å²) >= 11 is 0. The number of rotatable bonds is 1. The van der Waals surface area contributed by atoms with Gasteiger partial charge in [-0.1, -0.05) is 0 Å². The first-order chi connectivity index (χ1) is 8.08. The van der Waals surface area contributed by atoms with E-state index in [1.807, 2.05) is 13.0 Å². The van der Waals surface area contributed by atoms with Gasteiger partial charge in [-0.05, 0) is 18.6 Å². The fourth-order valence-electron chi connectivity index (χ4n) is 2.03. The van der Waals surface area contributed by atoms with Crippen LogP contribution in [0.15, 0.2) is 12.3 Å². The smallest absolute Gasteiger partial charge is 0.407 e. The first-order valence-electron chi connectivity index (χ1n) is 5.53. The first kappa shape index (κ1) is 11.5. The fraction of sp³-hybridized carbons (Fsp3) is 0.455. The molecule has 0 bridgehead atoms. The lowest BCUT2D eigenvalue weighted by atomic mass is 10.2. The Labute approximate surface area is 99.7 Å². The Kier molecular flexibility index (Phi) is 3.03. The zero-order chi connectivity index (χ0) is 12.4. The van der Waals surface area contributed by atoms with Gasteiger partial charge in [0.1, 0.15) is 5.82 Å². The maximum atomic E-state index is 10.8. The molecule has 0 atom stereocenters. The number of aryl methyl sites for hydroxylation is 1. The minimum Gasteiger partial charge on any atom is -0.465 e. The average Bonchev–Trinajstić information content (AvgIpc) is 2.29. The highest BCUT2D eigenvalue weighted by Crippen LogP contribution is 2.20. The number of hydrogen-bond donors (Lipinski definition) is 2. The molecule has 1 aromatic rings. The minimum atomic E-state index is -0.855. The Morgan fingerprint density at radius 2 is 2.06 bits per heavy atom. The van der Waals surface area contributed by atoms with Crippen molar-refractivity contribution in [2.75, 3.05) is 36.8 Å². The summed E-state index contributed by atoms with van der Waals surface area (Å²) in [6.45, 7) is 4.33. The third kappa shape index (κ3) is 2.41. The van der Waals surface area contributed by atoms with Crippen LogP contribution in [0, 0.1) is 6.92 Å². The van der Waals surface area contributed by atoms with Crippen molar-refractivity contribution in [2.45, 2.75) is 6.92 Å². The number of nitrogens with zero attached hydrogens (tertiary/aromatic N) is 3. The van der Waals surface area contributed by atoms with Gasteiger partial charge in [0.2, 0.25) is 0 Å². The van der Waals surface area contributed by atoms with Gasteiger partial charge in [-0.3, -0.25) is 0 Å². The summed E-state index contributed by atoms with van der Waals surface area (Å²) < 4.78 is 0. The van der Waals surface area contributed by atoms with Crippen LogP contribution in [0.2, 0.25) is 0 Å². The lowest BCUT2D eigenvalue weighted by molar-refractivity contribution is 0.142. The van der Waals surface area contributed by atoms with Crippen molar-refractivity contribution in [3.05, 3.63) is 17.8 Å². The standard InChI is InChI=1S/C11H16N4O2/c1-8-6-9(12)7-13-10(8)14-2-4-15(5-3-14)11(16)17/h6-7H,2-5,12H2,1H3,(H,16,17). The predicted molar refractivity (Wildman–Crippen MR) is 65.2 cm³/mol. The Morgan fingerprint density at radius 3 is 2.59 bits per heavy atom. The van der Waals surface area contributed by atoms with E-state index in [1.54, 1.807) is 6.20 Å². The number of carboxylic acid groups (broad SMARTS) is 1. The van der Waals surface area contributed by atoms with Crippen molar-refractivity contribution >= 4 is 17.6 Å². The molecule has 0 spiro atoms. The largest absolute Gasteiger partial charge is 0.465 e. The molecule has 0 unspecified atom stereocenters. The highest BCUT2D eigenvalue weighted by atomic mass is 16.4. The molecular formula is C11H16N4O2. The fourth-order valence-corrected chi connectivity index (χ4v) is 2.03. The molecule has 0 saturated carbocycles. The van der Waals surface area contributed by atoms with Gasteiger partial charge in [0.25, 0.3) is 0 Å². The summed E-state index contributed by atoms with van der Waals surface area (Å²) in [5.74, 6) is 0.893. The number of anilines is 2. The lowest BCUT2D eigenvalue weighted by Gasteiger charge is -2.34. The van der Waals surface area contributed by atoms with Gasteiger partial charge < -0.3 is 20.6 Å². The van der Waals surface area contributed by atoms with Gasteiger partial charge >= 0.3 is 6.09 Å². The van der Waals surface area contributed by atoms with E-state index in [1.165, 1.54) is 4.90 Å². The third-order valence-corrected chi connectivity index (χ3v) is 2.92. The van der Waals surface area contributed by atoms with Gasteiger partial charge in [-0.25, -0.2) is 9.78 Å². The molecule has 1 saturated heterocycles. The van der Waals surface area contributed by atoms with Crippen molar-refractivity contribution in [1.82, 2.24) is 9.88 Å². The summed E-state index contributed by atoms with van der Waals surface area (Å²) in [6, 6.07) is 1.88. The van der Waals surface area contributed by atoms with Crippen LogP contribution in [0.1, 0.15) is 5.56 Å². The molecule has 2 rings (SSSR count). The number of nitrogen functional groups attached to an aromatic ring is 1. The van der Waals surface area contributed by atoms with Crippen LogP contribution in [0.5, 0.6) is 0 Å². The number of carbonyl (C=O) groups is 1. The molecular weight excluding hydrogens is 220 g/mol. The van der Waals surface area contributed by atoms with Crippen LogP contribution in [-0.2, 0) is 0 Å². The van der Waals surface area contributed by atoms with Gasteiger partial charge in [0.05, 0.1) is 11.9 Å². The normalized spacial score (nSPS) is 16.1. The second-order valence-electron chi connectivity index (χ2n) is 4.17. The summed E-state index contributed by atoms with van der Waals surface area (Å²) in [6.07, 6.45) is 0.776. The molecule has 1 amide bonds. The molecule has 17 heavy (non-hydrogen) atoms. The zero-order valence-electron chi connectivity index (χ0n) is 9.76. The minimum absolute atomic E-state index is 0.515. The van der Waals surface area contributed by atoms with E-state index in [2.05, 4.69) is 9.88 Å². The van der Waals surface area contributed by atoms with Crippen molar-refractivity contribution in [2.24, 2.45) is 0 Å². The van der Waals surface area contributed by atoms with E-state index in [9.17, 15) is 4.79 Å². The van der Waals surface area contributed by atoms with E-state index in [4.69, 9.17) is 10.8 Å². The highest BCUT2D eigenvalue weighted by Gasteiger charge is 2.21.